The van der Waals surface area contributed by atoms with E-state index < -0.39 is 17.2 Å². The molecule has 212 valence electrons. The number of nitrogens with zero attached hydrogens (tertiary/aromatic N) is 2. The summed E-state index contributed by atoms with van der Waals surface area (Å²) in [6.07, 6.45) is 2.00. The Balaban J connectivity index is 1.45. The molecule has 0 aliphatic carbocycles. The second-order valence-corrected chi connectivity index (χ2v) is 9.92. The number of rotatable bonds is 10. The third-order valence-electron chi connectivity index (χ3n) is 7.12. The predicted molar refractivity (Wildman–Crippen MR) is 156 cm³/mol. The van der Waals surface area contributed by atoms with Crippen molar-refractivity contribution in [3.05, 3.63) is 105 Å². The van der Waals surface area contributed by atoms with Crippen molar-refractivity contribution in [3.8, 4) is 5.75 Å². The van der Waals surface area contributed by atoms with Crippen LogP contribution in [0.4, 0.5) is 5.69 Å². The molecule has 0 saturated carbocycles. The molecule has 3 aromatic carbocycles. The third-order valence-corrected chi connectivity index (χ3v) is 7.12. The highest BCUT2D eigenvalue weighted by Gasteiger charge is 2.22. The Kier molecular flexibility index (Phi) is 8.59. The number of fused-ring (bicyclic) bond motifs is 1. The summed E-state index contributed by atoms with van der Waals surface area (Å²) < 4.78 is 13.2. The van der Waals surface area contributed by atoms with Crippen molar-refractivity contribution >= 4 is 28.4 Å². The van der Waals surface area contributed by atoms with Crippen LogP contribution in [-0.4, -0.2) is 47.3 Å². The van der Waals surface area contributed by atoms with Gasteiger partial charge in [0.2, 0.25) is 5.91 Å². The van der Waals surface area contributed by atoms with Crippen LogP contribution in [0.5, 0.6) is 5.75 Å². The SMILES string of the molecule is COc1ccc(NC(=O)Cn2c(=O)n(C[C@H]3CCCO3)c(=O)c3ccc(C(=O)NCCc4ccccc4)cc32)cc1. The summed E-state index contributed by atoms with van der Waals surface area (Å²) in [6.45, 7) is 0.733. The molecule has 2 N–H and O–H groups in total. The monoisotopic (exact) mass is 556 g/mol. The molecule has 0 unspecified atom stereocenters. The molecule has 10 nitrogen and oxygen atoms in total. The second-order valence-electron chi connectivity index (χ2n) is 9.92. The maximum Gasteiger partial charge on any atom is 0.332 e. The Hall–Kier alpha value is -4.70. The van der Waals surface area contributed by atoms with E-state index in [0.717, 1.165) is 23.0 Å². The molecular formula is C31H32N4O6. The lowest BCUT2D eigenvalue weighted by molar-refractivity contribution is -0.116. The molecule has 1 fully saturated rings. The highest BCUT2D eigenvalue weighted by Crippen LogP contribution is 2.17. The minimum Gasteiger partial charge on any atom is -0.497 e. The summed E-state index contributed by atoms with van der Waals surface area (Å²) in [5.41, 5.74) is 0.997. The molecule has 1 aromatic heterocycles. The maximum absolute atomic E-state index is 13.6. The zero-order chi connectivity index (χ0) is 28.8. The fourth-order valence-corrected chi connectivity index (χ4v) is 4.95. The van der Waals surface area contributed by atoms with Crippen molar-refractivity contribution in [2.75, 3.05) is 25.6 Å². The Bertz CT molecular complexity index is 1650. The van der Waals surface area contributed by atoms with Crippen LogP contribution >= 0.6 is 0 Å². The van der Waals surface area contributed by atoms with E-state index in [-0.39, 0.29) is 41.6 Å². The number of ether oxygens (including phenoxy) is 2. The summed E-state index contributed by atoms with van der Waals surface area (Å²) >= 11 is 0. The lowest BCUT2D eigenvalue weighted by atomic mass is 10.1. The number of benzene rings is 3. The number of hydrogen-bond acceptors (Lipinski definition) is 6. The number of aromatic nitrogens is 2. The first kappa shape index (κ1) is 27.9. The first-order valence-electron chi connectivity index (χ1n) is 13.6. The number of nitrogens with one attached hydrogen (secondary N) is 2. The van der Waals surface area contributed by atoms with Gasteiger partial charge in [0, 0.05) is 24.4 Å². The predicted octanol–water partition coefficient (Wildman–Crippen LogP) is 2.96. The summed E-state index contributed by atoms with van der Waals surface area (Å²) in [5, 5.41) is 5.90. The molecule has 2 amide bonds. The molecule has 41 heavy (non-hydrogen) atoms. The van der Waals surface area contributed by atoms with Gasteiger partial charge in [0.25, 0.3) is 11.5 Å². The van der Waals surface area contributed by atoms with Crippen molar-refractivity contribution in [2.24, 2.45) is 0 Å². The molecule has 0 bridgehead atoms. The van der Waals surface area contributed by atoms with Crippen molar-refractivity contribution in [1.82, 2.24) is 14.5 Å². The average Bonchev–Trinajstić information content (AvgIpc) is 3.51. The number of amides is 2. The number of methoxy groups -OCH3 is 1. The molecule has 0 spiro atoms. The van der Waals surface area contributed by atoms with Crippen molar-refractivity contribution in [3.63, 3.8) is 0 Å². The number of carbonyl (C=O) groups is 2. The number of anilines is 1. The molecular weight excluding hydrogens is 524 g/mol. The Morgan fingerprint density at radius 1 is 1.00 bits per heavy atom. The standard InChI is InChI=1S/C31H32N4O6/c1-40-24-12-10-23(11-13-24)33-28(36)20-34-27-18-22(29(37)32-16-15-21-6-3-2-4-7-21)9-14-26(27)30(38)35(31(34)39)19-25-8-5-17-41-25/h2-4,6-7,9-14,18,25H,5,8,15-17,19-20H2,1H3,(H,32,37)(H,33,36)/t25-/m1/s1. The Labute approximate surface area is 236 Å². The molecule has 1 aliphatic heterocycles. The summed E-state index contributed by atoms with van der Waals surface area (Å²) in [7, 11) is 1.55. The second kappa shape index (κ2) is 12.6. The summed E-state index contributed by atoms with van der Waals surface area (Å²) in [5.74, 6) is -0.160. The number of hydrogen-bond donors (Lipinski definition) is 2. The minimum absolute atomic E-state index is 0.0927. The van der Waals surface area contributed by atoms with Crippen molar-refractivity contribution in [1.29, 1.82) is 0 Å². The lowest BCUT2D eigenvalue weighted by Gasteiger charge is -2.17. The van der Waals surface area contributed by atoms with Crippen LogP contribution in [0.2, 0.25) is 0 Å². The molecule has 4 aromatic rings. The van der Waals surface area contributed by atoms with Crippen LogP contribution < -0.4 is 26.6 Å². The van der Waals surface area contributed by atoms with Gasteiger partial charge in [0.1, 0.15) is 12.3 Å². The van der Waals surface area contributed by atoms with Gasteiger partial charge in [-0.15, -0.1) is 0 Å². The van der Waals surface area contributed by atoms with Crippen LogP contribution in [0.15, 0.2) is 82.4 Å². The fraction of sp³-hybridized carbons (Fsp3) is 0.290. The Morgan fingerprint density at radius 3 is 2.49 bits per heavy atom. The van der Waals surface area contributed by atoms with Gasteiger partial charge in [-0.25, -0.2) is 4.79 Å². The third kappa shape index (κ3) is 6.55. The molecule has 10 heteroatoms. The van der Waals surface area contributed by atoms with Crippen LogP contribution in [0, 0.1) is 0 Å². The van der Waals surface area contributed by atoms with E-state index in [1.54, 1.807) is 37.4 Å². The zero-order valence-corrected chi connectivity index (χ0v) is 22.8. The van der Waals surface area contributed by atoms with Gasteiger partial charge in [-0.2, -0.15) is 0 Å². The van der Waals surface area contributed by atoms with E-state index in [1.807, 2.05) is 30.3 Å². The molecule has 0 radical (unpaired) electrons. The van der Waals surface area contributed by atoms with Crippen LogP contribution in [0.3, 0.4) is 0 Å². The van der Waals surface area contributed by atoms with Crippen LogP contribution in [0.1, 0.15) is 28.8 Å². The van der Waals surface area contributed by atoms with Gasteiger partial charge in [0.05, 0.1) is 30.7 Å². The van der Waals surface area contributed by atoms with E-state index in [1.165, 1.54) is 16.7 Å². The van der Waals surface area contributed by atoms with Crippen molar-refractivity contribution in [2.45, 2.75) is 38.5 Å². The molecule has 1 saturated heterocycles. The lowest BCUT2D eigenvalue weighted by Crippen LogP contribution is -2.43. The van der Waals surface area contributed by atoms with E-state index >= 15 is 0 Å². The van der Waals surface area contributed by atoms with E-state index in [9.17, 15) is 19.2 Å². The van der Waals surface area contributed by atoms with Crippen LogP contribution in [-0.2, 0) is 29.0 Å². The zero-order valence-electron chi connectivity index (χ0n) is 22.8. The van der Waals surface area contributed by atoms with Gasteiger partial charge >= 0.3 is 5.69 Å². The average molecular weight is 557 g/mol. The minimum atomic E-state index is -0.635. The van der Waals surface area contributed by atoms with Gasteiger partial charge in [-0.1, -0.05) is 30.3 Å². The quantitative estimate of drug-likeness (QED) is 0.310. The van der Waals surface area contributed by atoms with E-state index in [4.69, 9.17) is 9.47 Å². The van der Waals surface area contributed by atoms with Crippen molar-refractivity contribution < 1.29 is 19.1 Å². The summed E-state index contributed by atoms with van der Waals surface area (Å²) in [4.78, 5) is 53.1. The highest BCUT2D eigenvalue weighted by molar-refractivity contribution is 5.98. The topological polar surface area (TPSA) is 121 Å². The maximum atomic E-state index is 13.6. The van der Waals surface area contributed by atoms with E-state index in [2.05, 4.69) is 10.6 Å². The molecule has 1 aliphatic rings. The van der Waals surface area contributed by atoms with Crippen LogP contribution in [0.25, 0.3) is 10.9 Å². The normalized spacial score (nSPS) is 14.6. The number of carbonyl (C=O) groups excluding carboxylic acids is 2. The first-order valence-corrected chi connectivity index (χ1v) is 13.6. The first-order chi connectivity index (χ1) is 19.9. The summed E-state index contributed by atoms with van der Waals surface area (Å²) in [6, 6.07) is 21.2. The molecule has 5 rings (SSSR count). The smallest absolute Gasteiger partial charge is 0.332 e. The Morgan fingerprint density at radius 2 is 1.78 bits per heavy atom. The molecule has 1 atom stereocenters. The fourth-order valence-electron chi connectivity index (χ4n) is 4.95. The van der Waals surface area contributed by atoms with Gasteiger partial charge in [0.15, 0.2) is 0 Å². The molecule has 2 heterocycles. The van der Waals surface area contributed by atoms with E-state index in [0.29, 0.717) is 31.0 Å². The van der Waals surface area contributed by atoms with Gasteiger partial charge in [-0.3, -0.25) is 23.5 Å². The van der Waals surface area contributed by atoms with Gasteiger partial charge in [-0.05, 0) is 67.3 Å². The van der Waals surface area contributed by atoms with Gasteiger partial charge < -0.3 is 20.1 Å². The largest absolute Gasteiger partial charge is 0.497 e. The highest BCUT2D eigenvalue weighted by atomic mass is 16.5.